The fourth-order valence-electron chi connectivity index (χ4n) is 2.25. The second-order valence-corrected chi connectivity index (χ2v) is 6.28. The monoisotopic (exact) mass is 423 g/mol. The second-order valence-electron chi connectivity index (χ2n) is 5.42. The summed E-state index contributed by atoms with van der Waals surface area (Å²) in [5.41, 5.74) is 4.56. The van der Waals surface area contributed by atoms with Crippen LogP contribution in [0.5, 0.6) is 5.75 Å². The fourth-order valence-corrected chi connectivity index (χ4v) is 2.76. The van der Waals surface area contributed by atoms with Crippen LogP contribution in [0, 0.1) is 11.3 Å². The predicted molar refractivity (Wildman–Crippen MR) is 103 cm³/mol. The quantitative estimate of drug-likeness (QED) is 0.473. The number of nitrogens with zero attached hydrogens (tertiary/aromatic N) is 2. The van der Waals surface area contributed by atoms with Crippen molar-refractivity contribution in [3.05, 3.63) is 87.8 Å². The number of halogens is 1. The Morgan fingerprint density at radius 2 is 2.11 bits per heavy atom. The Morgan fingerprint density at radius 1 is 1.26 bits per heavy atom. The minimum absolute atomic E-state index is 0.190. The first-order valence-corrected chi connectivity index (χ1v) is 8.74. The molecule has 134 valence electrons. The molecule has 6 nitrogen and oxygen atoms in total. The van der Waals surface area contributed by atoms with Crippen LogP contribution in [0.3, 0.4) is 0 Å². The SMILES string of the molecule is N#Cc1ccccc1COc1ccc(/C=N\NC(=O)c2ccco2)cc1Br. The van der Waals surface area contributed by atoms with Gasteiger partial charge in [0.25, 0.3) is 0 Å². The normalized spacial score (nSPS) is 10.5. The van der Waals surface area contributed by atoms with Crippen LogP contribution in [0.2, 0.25) is 0 Å². The molecule has 0 bridgehead atoms. The predicted octanol–water partition coefficient (Wildman–Crippen LogP) is 4.26. The van der Waals surface area contributed by atoms with Crippen molar-refractivity contribution in [2.45, 2.75) is 6.61 Å². The van der Waals surface area contributed by atoms with Crippen molar-refractivity contribution in [3.8, 4) is 11.8 Å². The molecule has 0 aliphatic rings. The molecule has 0 radical (unpaired) electrons. The molecule has 0 aliphatic heterocycles. The minimum atomic E-state index is -0.425. The van der Waals surface area contributed by atoms with Gasteiger partial charge in [-0.2, -0.15) is 10.4 Å². The van der Waals surface area contributed by atoms with Crippen LogP contribution < -0.4 is 10.2 Å². The molecule has 1 N–H and O–H groups in total. The average Bonchev–Trinajstić information content (AvgIpc) is 3.22. The van der Waals surface area contributed by atoms with Crippen LogP contribution in [-0.4, -0.2) is 12.1 Å². The van der Waals surface area contributed by atoms with Gasteiger partial charge in [0.2, 0.25) is 0 Å². The molecule has 0 aliphatic carbocycles. The first-order valence-electron chi connectivity index (χ1n) is 7.94. The summed E-state index contributed by atoms with van der Waals surface area (Å²) in [6.07, 6.45) is 2.93. The standard InChI is InChI=1S/C20H14BrN3O3/c21-17-10-14(12-23-24-20(25)19-6-3-9-26-19)7-8-18(17)27-13-16-5-2-1-4-15(16)11-22/h1-10,12H,13H2,(H,24,25)/b23-12-. The summed E-state index contributed by atoms with van der Waals surface area (Å²) >= 11 is 3.45. The Balaban J connectivity index is 1.61. The number of benzene rings is 2. The zero-order valence-electron chi connectivity index (χ0n) is 14.1. The molecule has 0 spiro atoms. The lowest BCUT2D eigenvalue weighted by Crippen LogP contribution is -2.16. The van der Waals surface area contributed by atoms with Crippen LogP contribution in [0.1, 0.15) is 27.2 Å². The summed E-state index contributed by atoms with van der Waals surface area (Å²) in [4.78, 5) is 11.7. The third kappa shape index (κ3) is 4.84. The van der Waals surface area contributed by atoms with Gasteiger partial charge in [0.1, 0.15) is 12.4 Å². The lowest BCUT2D eigenvalue weighted by Gasteiger charge is -2.09. The Hall–Kier alpha value is -3.37. The van der Waals surface area contributed by atoms with Gasteiger partial charge in [-0.3, -0.25) is 4.79 Å². The molecule has 0 fully saturated rings. The van der Waals surface area contributed by atoms with Crippen molar-refractivity contribution < 1.29 is 13.9 Å². The van der Waals surface area contributed by atoms with Crippen LogP contribution in [0.15, 0.2) is 74.9 Å². The lowest BCUT2D eigenvalue weighted by atomic mass is 10.1. The maximum Gasteiger partial charge on any atom is 0.307 e. The zero-order chi connectivity index (χ0) is 19.1. The summed E-state index contributed by atoms with van der Waals surface area (Å²) < 4.78 is 11.5. The van der Waals surface area contributed by atoms with Gasteiger partial charge in [-0.05, 0) is 57.9 Å². The number of hydrogen-bond acceptors (Lipinski definition) is 5. The number of nitrogens with one attached hydrogen (secondary N) is 1. The summed E-state index contributed by atoms with van der Waals surface area (Å²) in [6.45, 7) is 0.287. The molecule has 27 heavy (non-hydrogen) atoms. The molecule has 7 heteroatoms. The largest absolute Gasteiger partial charge is 0.488 e. The van der Waals surface area contributed by atoms with Crippen molar-refractivity contribution in [1.29, 1.82) is 5.26 Å². The van der Waals surface area contributed by atoms with E-state index in [1.165, 1.54) is 12.5 Å². The van der Waals surface area contributed by atoms with E-state index in [0.29, 0.717) is 11.3 Å². The van der Waals surface area contributed by atoms with Crippen molar-refractivity contribution in [2.75, 3.05) is 0 Å². The van der Waals surface area contributed by atoms with Gasteiger partial charge in [0, 0.05) is 5.56 Å². The lowest BCUT2D eigenvalue weighted by molar-refractivity contribution is 0.0927. The van der Waals surface area contributed by atoms with Crippen molar-refractivity contribution in [1.82, 2.24) is 5.43 Å². The van der Waals surface area contributed by atoms with Gasteiger partial charge in [0.05, 0.1) is 28.6 Å². The molecule has 2 aromatic carbocycles. The van der Waals surface area contributed by atoms with E-state index in [4.69, 9.17) is 14.4 Å². The molecule has 1 amide bonds. The molecule has 3 aromatic rings. The van der Waals surface area contributed by atoms with Crippen molar-refractivity contribution in [2.24, 2.45) is 5.10 Å². The number of nitriles is 1. The van der Waals surface area contributed by atoms with Crippen molar-refractivity contribution >= 4 is 28.1 Å². The third-order valence-electron chi connectivity index (χ3n) is 3.60. The summed E-state index contributed by atoms with van der Waals surface area (Å²) in [5, 5.41) is 13.0. The Labute approximate surface area is 164 Å². The first kappa shape index (κ1) is 18.4. The second kappa shape index (κ2) is 8.83. The number of hydrazone groups is 1. The highest BCUT2D eigenvalue weighted by molar-refractivity contribution is 9.10. The van der Waals surface area contributed by atoms with Crippen LogP contribution in [0.25, 0.3) is 0 Å². The summed E-state index contributed by atoms with van der Waals surface area (Å²) in [7, 11) is 0. The van der Waals surface area contributed by atoms with Crippen LogP contribution in [0.4, 0.5) is 0 Å². The maximum atomic E-state index is 11.7. The molecule has 0 saturated heterocycles. The number of hydrogen-bond donors (Lipinski definition) is 1. The van der Waals surface area contributed by atoms with E-state index in [9.17, 15) is 4.79 Å². The van der Waals surface area contributed by atoms with Gasteiger partial charge < -0.3 is 9.15 Å². The molecule has 0 atom stereocenters. The maximum absolute atomic E-state index is 11.7. The van der Waals surface area contributed by atoms with Gasteiger partial charge in [0.15, 0.2) is 5.76 Å². The average molecular weight is 424 g/mol. The van der Waals surface area contributed by atoms with E-state index in [-0.39, 0.29) is 12.4 Å². The summed E-state index contributed by atoms with van der Waals surface area (Å²) in [6, 6.07) is 18.0. The fraction of sp³-hybridized carbons (Fsp3) is 0.0500. The van der Waals surface area contributed by atoms with Crippen LogP contribution in [-0.2, 0) is 6.61 Å². The zero-order valence-corrected chi connectivity index (χ0v) is 15.6. The van der Waals surface area contributed by atoms with E-state index < -0.39 is 5.91 Å². The van der Waals surface area contributed by atoms with E-state index in [0.717, 1.165) is 15.6 Å². The number of ether oxygens (including phenoxy) is 1. The number of carbonyl (C=O) groups excluding carboxylic acids is 1. The number of rotatable bonds is 6. The van der Waals surface area contributed by atoms with Crippen LogP contribution >= 0.6 is 15.9 Å². The number of carbonyl (C=O) groups is 1. The Morgan fingerprint density at radius 3 is 2.85 bits per heavy atom. The molecule has 1 aromatic heterocycles. The van der Waals surface area contributed by atoms with E-state index >= 15 is 0 Å². The Kier molecular flexibility index (Phi) is 6.02. The van der Waals surface area contributed by atoms with Crippen molar-refractivity contribution in [3.63, 3.8) is 0 Å². The highest BCUT2D eigenvalue weighted by atomic mass is 79.9. The van der Waals surface area contributed by atoms with E-state index in [1.807, 2.05) is 24.3 Å². The van der Waals surface area contributed by atoms with Gasteiger partial charge in [-0.1, -0.05) is 18.2 Å². The molecule has 0 unspecified atom stereocenters. The summed E-state index contributed by atoms with van der Waals surface area (Å²) in [5.74, 6) is 0.403. The smallest absolute Gasteiger partial charge is 0.307 e. The van der Waals surface area contributed by atoms with E-state index in [2.05, 4.69) is 32.5 Å². The highest BCUT2D eigenvalue weighted by Crippen LogP contribution is 2.26. The highest BCUT2D eigenvalue weighted by Gasteiger charge is 2.07. The van der Waals surface area contributed by atoms with Gasteiger partial charge in [-0.25, -0.2) is 5.43 Å². The van der Waals surface area contributed by atoms with Gasteiger partial charge in [-0.15, -0.1) is 0 Å². The minimum Gasteiger partial charge on any atom is -0.488 e. The molecule has 3 rings (SSSR count). The molecule has 0 saturated carbocycles. The van der Waals surface area contributed by atoms with E-state index in [1.54, 1.807) is 30.3 Å². The molecular formula is C20H14BrN3O3. The molecular weight excluding hydrogens is 410 g/mol. The topological polar surface area (TPSA) is 87.6 Å². The van der Waals surface area contributed by atoms with Gasteiger partial charge >= 0.3 is 5.91 Å². The third-order valence-corrected chi connectivity index (χ3v) is 4.22. The number of furan rings is 1. The molecule has 1 heterocycles. The first-order chi connectivity index (χ1) is 13.2. The number of amides is 1. The Bertz CT molecular complexity index is 1010.